The van der Waals surface area contributed by atoms with Crippen LogP contribution in [0.15, 0.2) is 158 Å². The van der Waals surface area contributed by atoms with Gasteiger partial charge in [0, 0.05) is 34.1 Å². The maximum Gasteiger partial charge on any atom is 0.0462 e. The summed E-state index contributed by atoms with van der Waals surface area (Å²) in [6, 6.07) is 52.6. The van der Waals surface area contributed by atoms with Gasteiger partial charge >= 0.3 is 0 Å². The zero-order valence-electron chi connectivity index (χ0n) is 25.7. The predicted molar refractivity (Wildman–Crippen MR) is 189 cm³/mol. The van der Waals surface area contributed by atoms with Gasteiger partial charge in [0.25, 0.3) is 0 Å². The third-order valence-electron chi connectivity index (χ3n) is 8.04. The van der Waals surface area contributed by atoms with E-state index in [0.29, 0.717) is 0 Å². The van der Waals surface area contributed by atoms with E-state index in [2.05, 4.69) is 183 Å². The number of nitrogens with zero attached hydrogens (tertiary/aromatic N) is 2. The lowest BCUT2D eigenvalue weighted by Crippen LogP contribution is -2.10. The molecule has 0 N–H and O–H groups in total. The van der Waals surface area contributed by atoms with Crippen molar-refractivity contribution in [3.8, 4) is 11.1 Å². The van der Waals surface area contributed by atoms with E-state index < -0.39 is 0 Å². The first-order chi connectivity index (χ1) is 21.5. The zero-order chi connectivity index (χ0) is 30.5. The number of hydrogen-bond acceptors (Lipinski definition) is 2. The van der Waals surface area contributed by atoms with Gasteiger partial charge in [0.15, 0.2) is 0 Å². The van der Waals surface area contributed by atoms with Gasteiger partial charge < -0.3 is 9.80 Å². The number of rotatable bonds is 9. The second-order valence-corrected chi connectivity index (χ2v) is 11.4. The highest BCUT2D eigenvalue weighted by atomic mass is 15.1. The molecule has 216 valence electrons. The van der Waals surface area contributed by atoms with Crippen LogP contribution < -0.4 is 9.80 Å². The molecule has 0 radical (unpaired) electrons. The van der Waals surface area contributed by atoms with Crippen LogP contribution in [-0.2, 0) is 6.42 Å². The minimum Gasteiger partial charge on any atom is -0.311 e. The Morgan fingerprint density at radius 2 is 0.636 bits per heavy atom. The topological polar surface area (TPSA) is 6.48 Å². The summed E-state index contributed by atoms with van der Waals surface area (Å²) in [5, 5.41) is 0. The van der Waals surface area contributed by atoms with Gasteiger partial charge in [-0.15, -0.1) is 6.58 Å². The maximum absolute atomic E-state index is 3.88. The molecule has 6 aromatic rings. The maximum atomic E-state index is 3.88. The summed E-state index contributed by atoms with van der Waals surface area (Å²) in [5.74, 6) is 0. The third kappa shape index (κ3) is 6.35. The molecule has 2 nitrogen and oxygen atoms in total. The molecule has 44 heavy (non-hydrogen) atoms. The van der Waals surface area contributed by atoms with Crippen molar-refractivity contribution < 1.29 is 0 Å². The van der Waals surface area contributed by atoms with Crippen molar-refractivity contribution in [1.29, 1.82) is 0 Å². The minimum absolute atomic E-state index is 0.867. The Bertz CT molecular complexity index is 1770. The van der Waals surface area contributed by atoms with Crippen LogP contribution in [0.25, 0.3) is 11.1 Å². The smallest absolute Gasteiger partial charge is 0.0462 e. The molecule has 6 rings (SSSR count). The molecule has 0 unspecified atom stereocenters. The normalized spacial score (nSPS) is 10.8. The van der Waals surface area contributed by atoms with Gasteiger partial charge in [0.1, 0.15) is 0 Å². The second kappa shape index (κ2) is 12.9. The molecule has 0 saturated heterocycles. The number of allylic oxidation sites excluding steroid dienone is 1. The third-order valence-corrected chi connectivity index (χ3v) is 8.04. The van der Waals surface area contributed by atoms with Crippen LogP contribution in [0.3, 0.4) is 0 Å². The largest absolute Gasteiger partial charge is 0.311 e. The SMILES string of the molecule is C=CCc1ccc(N(c2ccc(C)cc2)c2ccc(-c3ccc(N(c4ccc(C)cc4)c4ccc(C)cc4)cc3)cc2)cc1. The first-order valence-corrected chi connectivity index (χ1v) is 15.2. The first kappa shape index (κ1) is 28.8. The van der Waals surface area contributed by atoms with E-state index >= 15 is 0 Å². The monoisotopic (exact) mass is 570 g/mol. The Kier molecular flexibility index (Phi) is 8.43. The van der Waals surface area contributed by atoms with E-state index in [-0.39, 0.29) is 0 Å². The lowest BCUT2D eigenvalue weighted by atomic mass is 10.0. The number of hydrogen-bond donors (Lipinski definition) is 0. The van der Waals surface area contributed by atoms with Crippen LogP contribution >= 0.6 is 0 Å². The van der Waals surface area contributed by atoms with E-state index in [0.717, 1.165) is 40.5 Å². The van der Waals surface area contributed by atoms with E-state index in [1.54, 1.807) is 0 Å². The van der Waals surface area contributed by atoms with Gasteiger partial charge in [-0.2, -0.15) is 0 Å². The molecule has 2 heteroatoms. The first-order valence-electron chi connectivity index (χ1n) is 15.2. The van der Waals surface area contributed by atoms with Gasteiger partial charge in [0.05, 0.1) is 0 Å². The summed E-state index contributed by atoms with van der Waals surface area (Å²) in [5.41, 5.74) is 14.2. The zero-order valence-corrected chi connectivity index (χ0v) is 25.7. The highest BCUT2D eigenvalue weighted by molar-refractivity contribution is 5.80. The van der Waals surface area contributed by atoms with E-state index in [4.69, 9.17) is 0 Å². The molecule has 0 spiro atoms. The lowest BCUT2D eigenvalue weighted by Gasteiger charge is -2.26. The van der Waals surface area contributed by atoms with Crippen molar-refractivity contribution in [2.45, 2.75) is 27.2 Å². The van der Waals surface area contributed by atoms with E-state index in [1.807, 2.05) is 6.08 Å². The molecular weight excluding hydrogens is 532 g/mol. The molecule has 6 aromatic carbocycles. The van der Waals surface area contributed by atoms with Crippen molar-refractivity contribution in [3.63, 3.8) is 0 Å². The number of aryl methyl sites for hydroxylation is 3. The molecule has 0 bridgehead atoms. The van der Waals surface area contributed by atoms with Crippen molar-refractivity contribution in [3.05, 3.63) is 181 Å². The van der Waals surface area contributed by atoms with Gasteiger partial charge in [-0.25, -0.2) is 0 Å². The summed E-state index contributed by atoms with van der Waals surface area (Å²) in [6.07, 6.45) is 2.81. The summed E-state index contributed by atoms with van der Waals surface area (Å²) < 4.78 is 0. The fourth-order valence-corrected chi connectivity index (χ4v) is 5.53. The Morgan fingerprint density at radius 1 is 0.386 bits per heavy atom. The van der Waals surface area contributed by atoms with E-state index in [9.17, 15) is 0 Å². The average Bonchev–Trinajstić information content (AvgIpc) is 3.06. The molecule has 0 amide bonds. The molecule has 0 aliphatic heterocycles. The lowest BCUT2D eigenvalue weighted by molar-refractivity contribution is 1.24. The molecule has 0 saturated carbocycles. The standard InChI is InChI=1S/C42H38N2/c1-5-6-34-13-25-40(26-14-34)44(39-23-11-33(4)12-24-39)42-29-17-36(18-30-42)35-15-27-41(28-16-35)43(37-19-7-31(2)8-20-37)38-21-9-32(3)10-22-38/h5,7-30H,1,6H2,2-4H3. The van der Waals surface area contributed by atoms with Gasteiger partial charge in [0.2, 0.25) is 0 Å². The highest BCUT2D eigenvalue weighted by Gasteiger charge is 2.15. The van der Waals surface area contributed by atoms with Crippen LogP contribution in [0.2, 0.25) is 0 Å². The Balaban J connectivity index is 1.31. The molecular formula is C42H38N2. The number of benzene rings is 6. The summed E-state index contributed by atoms with van der Waals surface area (Å²) in [7, 11) is 0. The van der Waals surface area contributed by atoms with Gasteiger partial charge in [-0.3, -0.25) is 0 Å². The number of anilines is 6. The van der Waals surface area contributed by atoms with Crippen molar-refractivity contribution in [2.24, 2.45) is 0 Å². The van der Waals surface area contributed by atoms with Crippen LogP contribution in [0, 0.1) is 20.8 Å². The molecule has 0 aromatic heterocycles. The fraction of sp³-hybridized carbons (Fsp3) is 0.0952. The molecule has 0 fully saturated rings. The van der Waals surface area contributed by atoms with Crippen LogP contribution in [0.1, 0.15) is 22.3 Å². The van der Waals surface area contributed by atoms with Crippen LogP contribution in [-0.4, -0.2) is 0 Å². The summed E-state index contributed by atoms with van der Waals surface area (Å²) in [4.78, 5) is 4.62. The second-order valence-electron chi connectivity index (χ2n) is 11.4. The molecule has 0 heterocycles. The Morgan fingerprint density at radius 3 is 0.909 bits per heavy atom. The predicted octanol–water partition coefficient (Wildman–Crippen LogP) is 11.9. The molecule has 0 atom stereocenters. The van der Waals surface area contributed by atoms with Crippen LogP contribution in [0.5, 0.6) is 0 Å². The van der Waals surface area contributed by atoms with Crippen LogP contribution in [0.4, 0.5) is 34.1 Å². The Labute approximate surface area is 262 Å². The average molecular weight is 571 g/mol. The summed E-state index contributed by atoms with van der Waals surface area (Å²) in [6.45, 7) is 10.3. The summed E-state index contributed by atoms with van der Waals surface area (Å²) >= 11 is 0. The quantitative estimate of drug-likeness (QED) is 0.160. The van der Waals surface area contributed by atoms with E-state index in [1.165, 1.54) is 33.4 Å². The van der Waals surface area contributed by atoms with Crippen molar-refractivity contribution in [2.75, 3.05) is 9.80 Å². The van der Waals surface area contributed by atoms with Gasteiger partial charge in [-0.05, 0) is 117 Å². The molecule has 0 aliphatic carbocycles. The van der Waals surface area contributed by atoms with Crippen molar-refractivity contribution in [1.82, 2.24) is 0 Å². The molecule has 0 aliphatic rings. The fourth-order valence-electron chi connectivity index (χ4n) is 5.53. The van der Waals surface area contributed by atoms with Crippen molar-refractivity contribution >= 4 is 34.1 Å². The highest BCUT2D eigenvalue weighted by Crippen LogP contribution is 2.38. The van der Waals surface area contributed by atoms with Gasteiger partial charge in [-0.1, -0.05) is 95.6 Å². The minimum atomic E-state index is 0.867. The Hall–Kier alpha value is -5.34.